The molecule has 5 rings (SSSR count). The molecule has 0 unspecified atom stereocenters. The molecule has 2 aromatic heterocycles. The Morgan fingerprint density at radius 3 is 2.12 bits per heavy atom. The number of hydrogen-bond donors (Lipinski definition) is 0. The number of pyridine rings is 1. The number of aromatic nitrogens is 3. The Kier molecular flexibility index (Phi) is 8.56. The van der Waals surface area contributed by atoms with Crippen molar-refractivity contribution in [3.05, 3.63) is 127 Å². The number of hydrogen-bond acceptors (Lipinski definition) is 3. The number of benzene rings is 3. The van der Waals surface area contributed by atoms with E-state index in [-0.39, 0.29) is 20.1 Å². The van der Waals surface area contributed by atoms with Crippen LogP contribution >= 0.6 is 0 Å². The van der Waals surface area contributed by atoms with E-state index in [1.807, 2.05) is 79.7 Å². The van der Waals surface area contributed by atoms with E-state index in [4.69, 9.17) is 0 Å². The first kappa shape index (κ1) is 23.2. The van der Waals surface area contributed by atoms with Crippen LogP contribution in [0.1, 0.15) is 5.69 Å². The summed E-state index contributed by atoms with van der Waals surface area (Å²) in [6.45, 7) is 1.96. The predicted molar refractivity (Wildman–Crippen MR) is 125 cm³/mol. The summed E-state index contributed by atoms with van der Waals surface area (Å²) in [6.07, 6.45) is 3.57. The molecule has 5 aromatic rings. The van der Waals surface area contributed by atoms with Gasteiger partial charge in [0.2, 0.25) is 0 Å². The Morgan fingerprint density at radius 1 is 0.625 bits per heavy atom. The zero-order valence-electron chi connectivity index (χ0n) is 17.6. The van der Waals surface area contributed by atoms with Gasteiger partial charge in [-0.2, -0.15) is 0 Å². The van der Waals surface area contributed by atoms with E-state index in [0.717, 1.165) is 33.9 Å². The number of rotatable bonds is 3. The van der Waals surface area contributed by atoms with Gasteiger partial charge in [-0.1, -0.05) is 42.5 Å². The van der Waals surface area contributed by atoms with Crippen LogP contribution < -0.4 is 0 Å². The summed E-state index contributed by atoms with van der Waals surface area (Å²) in [5, 5.41) is 0. The summed E-state index contributed by atoms with van der Waals surface area (Å²) in [6, 6.07) is 38.2. The average Bonchev–Trinajstić information content (AvgIpc) is 2.86. The van der Waals surface area contributed by atoms with Gasteiger partial charge in [-0.3, -0.25) is 9.97 Å². The van der Waals surface area contributed by atoms with Crippen LogP contribution in [0.15, 0.2) is 109 Å². The van der Waals surface area contributed by atoms with E-state index in [9.17, 15) is 0 Å². The molecule has 159 valence electrons. The van der Waals surface area contributed by atoms with Crippen LogP contribution in [-0.2, 0) is 20.1 Å². The zero-order chi connectivity index (χ0) is 21.3. The summed E-state index contributed by atoms with van der Waals surface area (Å²) in [7, 11) is 0. The first-order chi connectivity index (χ1) is 15.3. The molecule has 0 spiro atoms. The maximum Gasteiger partial charge on any atom is 0.0751 e. The fraction of sp³-hybridized carbons (Fsp3) is 0.0357. The first-order valence-electron chi connectivity index (χ1n) is 10.0. The fourth-order valence-corrected chi connectivity index (χ4v) is 3.06. The van der Waals surface area contributed by atoms with Crippen LogP contribution in [0.2, 0.25) is 0 Å². The molecule has 0 fully saturated rings. The van der Waals surface area contributed by atoms with Gasteiger partial charge in [-0.05, 0) is 30.3 Å². The minimum absolute atomic E-state index is 0. The molecule has 0 N–H and O–H groups in total. The normalized spacial score (nSPS) is 9.78. The molecular formula is C28H21IrN3-2. The summed E-state index contributed by atoms with van der Waals surface area (Å²) in [5.74, 6) is 0.720. The van der Waals surface area contributed by atoms with Crippen molar-refractivity contribution in [2.75, 3.05) is 0 Å². The third-order valence-electron chi connectivity index (χ3n) is 4.59. The Hall–Kier alpha value is -3.46. The van der Waals surface area contributed by atoms with E-state index < -0.39 is 0 Å². The second kappa shape index (κ2) is 11.8. The Bertz CT molecular complexity index is 1190. The number of nitrogens with zero attached hydrogens (tertiary/aromatic N) is 3. The molecule has 4 heteroatoms. The third-order valence-corrected chi connectivity index (χ3v) is 4.59. The standard InChI is InChI=1S/C17H13N2.C11H8N.Ir/c1-13-10-11-18-17(19-13)16-9-5-8-15(12-16)14-6-3-2-4-7-14;1-2-6-10(7-3-1)11-8-4-5-9-12-11;/h2-8,10-12H,1H3;1-6,8-9H;/q2*-1;. The monoisotopic (exact) mass is 592 g/mol. The topological polar surface area (TPSA) is 38.7 Å². The van der Waals surface area contributed by atoms with E-state index in [0.29, 0.717) is 0 Å². The van der Waals surface area contributed by atoms with Gasteiger partial charge >= 0.3 is 0 Å². The summed E-state index contributed by atoms with van der Waals surface area (Å²) in [4.78, 5) is 13.0. The maximum atomic E-state index is 4.44. The first-order valence-corrected chi connectivity index (χ1v) is 10.0. The van der Waals surface area contributed by atoms with Gasteiger partial charge < -0.3 is 4.98 Å². The SMILES string of the molecule is Cc1ccnc(-c2[c-]ccc(-c3ccccc3)c2)n1.[Ir].[c-]1ccccc1-c1ccccn1. The molecule has 1 radical (unpaired) electrons. The smallest absolute Gasteiger partial charge is 0.0751 e. The second-order valence-corrected chi connectivity index (χ2v) is 6.87. The Balaban J connectivity index is 0.000000193. The molecule has 0 aliphatic carbocycles. The van der Waals surface area contributed by atoms with E-state index >= 15 is 0 Å². The van der Waals surface area contributed by atoms with Crippen molar-refractivity contribution in [2.45, 2.75) is 6.92 Å². The molecule has 0 bridgehead atoms. The van der Waals surface area contributed by atoms with Crippen LogP contribution in [0.25, 0.3) is 33.8 Å². The average molecular weight is 592 g/mol. The quantitative estimate of drug-likeness (QED) is 0.226. The van der Waals surface area contributed by atoms with Crippen LogP contribution in [0, 0.1) is 19.1 Å². The summed E-state index contributed by atoms with van der Waals surface area (Å²) >= 11 is 0. The van der Waals surface area contributed by atoms with E-state index in [1.165, 1.54) is 5.56 Å². The van der Waals surface area contributed by atoms with E-state index in [1.54, 1.807) is 12.4 Å². The summed E-state index contributed by atoms with van der Waals surface area (Å²) in [5.41, 5.74) is 6.23. The van der Waals surface area contributed by atoms with Gasteiger partial charge in [0.15, 0.2) is 0 Å². The summed E-state index contributed by atoms with van der Waals surface area (Å²) < 4.78 is 0. The molecule has 32 heavy (non-hydrogen) atoms. The maximum absolute atomic E-state index is 4.44. The second-order valence-electron chi connectivity index (χ2n) is 6.87. The molecule has 0 saturated carbocycles. The Labute approximate surface area is 202 Å². The molecule has 3 aromatic carbocycles. The van der Waals surface area contributed by atoms with Crippen LogP contribution in [0.3, 0.4) is 0 Å². The van der Waals surface area contributed by atoms with Gasteiger partial charge in [0, 0.05) is 38.2 Å². The number of aryl methyl sites for hydroxylation is 1. The van der Waals surface area contributed by atoms with Crippen molar-refractivity contribution in [2.24, 2.45) is 0 Å². The van der Waals surface area contributed by atoms with Crippen molar-refractivity contribution in [1.29, 1.82) is 0 Å². The van der Waals surface area contributed by atoms with Crippen LogP contribution in [0.5, 0.6) is 0 Å². The van der Waals surface area contributed by atoms with Crippen molar-refractivity contribution in [3.63, 3.8) is 0 Å². The molecule has 0 amide bonds. The van der Waals surface area contributed by atoms with Gasteiger partial charge in [0.05, 0.1) is 5.82 Å². The van der Waals surface area contributed by atoms with Crippen molar-refractivity contribution in [3.8, 4) is 33.8 Å². The minimum atomic E-state index is 0. The largest absolute Gasteiger partial charge is 0.305 e. The van der Waals surface area contributed by atoms with Crippen molar-refractivity contribution >= 4 is 0 Å². The molecule has 3 nitrogen and oxygen atoms in total. The molecule has 0 atom stereocenters. The van der Waals surface area contributed by atoms with Gasteiger partial charge in [-0.15, -0.1) is 71.3 Å². The van der Waals surface area contributed by atoms with Crippen LogP contribution in [-0.4, -0.2) is 15.0 Å². The Morgan fingerprint density at radius 2 is 1.41 bits per heavy atom. The van der Waals surface area contributed by atoms with Gasteiger partial charge in [0.1, 0.15) is 0 Å². The van der Waals surface area contributed by atoms with Crippen molar-refractivity contribution in [1.82, 2.24) is 15.0 Å². The molecule has 0 aliphatic rings. The zero-order valence-corrected chi connectivity index (χ0v) is 20.0. The predicted octanol–water partition coefficient (Wildman–Crippen LogP) is 6.47. The van der Waals surface area contributed by atoms with Gasteiger partial charge in [0.25, 0.3) is 0 Å². The molecule has 0 aliphatic heterocycles. The van der Waals surface area contributed by atoms with E-state index in [2.05, 4.69) is 51.4 Å². The molecule has 2 heterocycles. The fourth-order valence-electron chi connectivity index (χ4n) is 3.06. The molecule has 0 saturated heterocycles. The third kappa shape index (κ3) is 6.27. The molecular weight excluding hydrogens is 571 g/mol. The van der Waals surface area contributed by atoms with Crippen molar-refractivity contribution < 1.29 is 20.1 Å². The van der Waals surface area contributed by atoms with Crippen LogP contribution in [0.4, 0.5) is 0 Å². The minimum Gasteiger partial charge on any atom is -0.305 e. The van der Waals surface area contributed by atoms with Gasteiger partial charge in [-0.25, -0.2) is 0 Å².